The second-order valence-corrected chi connectivity index (χ2v) is 8.61. The average molecular weight is 651 g/mol. The molecular formula is C19H14Cl2I2N6. The maximum atomic E-state index is 6.09. The summed E-state index contributed by atoms with van der Waals surface area (Å²) < 4.78 is 4.11. The van der Waals surface area contributed by atoms with Crippen LogP contribution in [0.1, 0.15) is 7.43 Å². The minimum absolute atomic E-state index is 0. The number of hydrogen-bond donors (Lipinski definition) is 1. The van der Waals surface area contributed by atoms with Gasteiger partial charge < -0.3 is 9.55 Å². The molecular weight excluding hydrogens is 637 g/mol. The smallest absolute Gasteiger partial charge is 0.150 e. The summed E-state index contributed by atoms with van der Waals surface area (Å²) in [6.45, 7) is 0. The van der Waals surface area contributed by atoms with E-state index in [1.807, 2.05) is 47.3 Å². The Bertz CT molecular complexity index is 1270. The van der Waals surface area contributed by atoms with Gasteiger partial charge in [0.05, 0.1) is 10.8 Å². The lowest BCUT2D eigenvalue weighted by Gasteiger charge is -2.03. The minimum Gasteiger partial charge on any atom is -0.345 e. The zero-order valence-corrected chi connectivity index (χ0v) is 19.8. The molecule has 0 spiro atoms. The number of nitrogens with one attached hydrogen (secondary N) is 1. The molecule has 0 atom stereocenters. The van der Waals surface area contributed by atoms with Crippen molar-refractivity contribution < 1.29 is 0 Å². The second kappa shape index (κ2) is 9.54. The van der Waals surface area contributed by atoms with E-state index in [2.05, 4.69) is 70.1 Å². The van der Waals surface area contributed by atoms with Crippen LogP contribution in [-0.4, -0.2) is 29.5 Å². The highest BCUT2D eigenvalue weighted by atomic mass is 127. The van der Waals surface area contributed by atoms with Gasteiger partial charge in [0, 0.05) is 25.2 Å². The first-order valence-corrected chi connectivity index (χ1v) is 10.8. The van der Waals surface area contributed by atoms with Crippen molar-refractivity contribution in [3.63, 3.8) is 0 Å². The Kier molecular flexibility index (Phi) is 7.30. The summed E-state index contributed by atoms with van der Waals surface area (Å²) in [6, 6.07) is 10.0. The van der Waals surface area contributed by atoms with Crippen LogP contribution < -0.4 is 0 Å². The van der Waals surface area contributed by atoms with Gasteiger partial charge in [0.25, 0.3) is 0 Å². The van der Waals surface area contributed by atoms with Crippen LogP contribution in [0.25, 0.3) is 27.8 Å². The van der Waals surface area contributed by atoms with Crippen molar-refractivity contribution in [2.45, 2.75) is 7.43 Å². The molecule has 1 aromatic carbocycles. The maximum Gasteiger partial charge on any atom is 0.150 e. The van der Waals surface area contributed by atoms with Crippen molar-refractivity contribution in [2.75, 3.05) is 0 Å². The molecule has 0 fully saturated rings. The van der Waals surface area contributed by atoms with Crippen LogP contribution in [0.5, 0.6) is 0 Å². The summed E-state index contributed by atoms with van der Waals surface area (Å²) in [6.07, 6.45) is 6.80. The first kappa shape index (κ1) is 22.2. The van der Waals surface area contributed by atoms with Gasteiger partial charge in [-0.15, -0.1) is 0 Å². The van der Waals surface area contributed by atoms with Gasteiger partial charge in [0.1, 0.15) is 28.6 Å². The third kappa shape index (κ3) is 4.49. The highest BCUT2D eigenvalue weighted by molar-refractivity contribution is 14.1. The lowest BCUT2D eigenvalue weighted by molar-refractivity contribution is 1.07. The number of rotatable bonds is 1. The molecule has 10 heteroatoms. The van der Waals surface area contributed by atoms with E-state index in [9.17, 15) is 0 Å². The van der Waals surface area contributed by atoms with Gasteiger partial charge in [-0.25, -0.2) is 19.9 Å². The molecule has 0 saturated carbocycles. The summed E-state index contributed by atoms with van der Waals surface area (Å²) in [5.41, 5.74) is 2.69. The van der Waals surface area contributed by atoms with Gasteiger partial charge in [0.15, 0.2) is 5.65 Å². The molecule has 0 aliphatic rings. The standard InChI is InChI=1S/C12H7ClIN3.C6H3ClIN3.CH4/c13-11-10-9(14)6-17(12(10)16-7-15-11)8-4-2-1-3-5-8;7-5-4-3(8)1-9-6(4)11-2-10-5;/h1-7H;1-2H,(H,9,10,11);1H4. The fraction of sp³-hybridized carbons (Fsp3) is 0.0526. The van der Waals surface area contributed by atoms with E-state index < -0.39 is 0 Å². The zero-order chi connectivity index (χ0) is 19.7. The third-order valence-electron chi connectivity index (χ3n) is 3.90. The molecule has 1 N–H and O–H groups in total. The van der Waals surface area contributed by atoms with Gasteiger partial charge in [-0.2, -0.15) is 0 Å². The Hall–Kier alpha value is -1.50. The van der Waals surface area contributed by atoms with E-state index in [1.54, 1.807) is 0 Å². The molecule has 0 amide bonds. The predicted molar refractivity (Wildman–Crippen MR) is 135 cm³/mol. The van der Waals surface area contributed by atoms with Crippen molar-refractivity contribution >= 4 is 90.5 Å². The van der Waals surface area contributed by atoms with E-state index in [0.717, 1.165) is 34.9 Å². The monoisotopic (exact) mass is 650 g/mol. The lowest BCUT2D eigenvalue weighted by Crippen LogP contribution is -1.93. The Morgan fingerprint density at radius 3 is 2.17 bits per heavy atom. The van der Waals surface area contributed by atoms with Gasteiger partial charge in [-0.05, 0) is 57.3 Å². The fourth-order valence-corrected chi connectivity index (χ4v) is 4.88. The number of para-hydroxylation sites is 1. The minimum atomic E-state index is 0. The highest BCUT2D eigenvalue weighted by Crippen LogP contribution is 2.28. The third-order valence-corrected chi connectivity index (χ3v) is 6.14. The number of aromatic nitrogens is 6. The summed E-state index contributed by atoms with van der Waals surface area (Å²) in [4.78, 5) is 19.2. The molecule has 0 radical (unpaired) electrons. The SMILES string of the molecule is C.Clc1ncnc2[nH]cc(I)c12.Clc1ncnc2c1c(I)cn2-c1ccccc1. The molecule has 4 heterocycles. The molecule has 5 rings (SSSR count). The van der Waals surface area contributed by atoms with Crippen LogP contribution in [-0.2, 0) is 0 Å². The van der Waals surface area contributed by atoms with Crippen molar-refractivity contribution in [1.29, 1.82) is 0 Å². The molecule has 29 heavy (non-hydrogen) atoms. The number of hydrogen-bond acceptors (Lipinski definition) is 4. The average Bonchev–Trinajstić information content (AvgIpc) is 3.25. The lowest BCUT2D eigenvalue weighted by atomic mass is 10.3. The van der Waals surface area contributed by atoms with Gasteiger partial charge in [-0.3, -0.25) is 0 Å². The molecule has 0 aliphatic carbocycles. The van der Waals surface area contributed by atoms with Crippen LogP contribution in [0, 0.1) is 7.14 Å². The Balaban J connectivity index is 0.000000174. The van der Waals surface area contributed by atoms with Crippen LogP contribution >= 0.6 is 68.4 Å². The number of benzene rings is 1. The van der Waals surface area contributed by atoms with Crippen molar-refractivity contribution in [3.8, 4) is 5.69 Å². The molecule has 4 aromatic heterocycles. The van der Waals surface area contributed by atoms with Gasteiger partial charge >= 0.3 is 0 Å². The Morgan fingerprint density at radius 1 is 0.828 bits per heavy atom. The van der Waals surface area contributed by atoms with Gasteiger partial charge in [0.2, 0.25) is 0 Å². The van der Waals surface area contributed by atoms with Gasteiger partial charge in [-0.1, -0.05) is 48.8 Å². The number of H-pyrrole nitrogens is 1. The summed E-state index contributed by atoms with van der Waals surface area (Å²) >= 11 is 16.4. The van der Waals surface area contributed by atoms with E-state index in [0.29, 0.717) is 10.3 Å². The predicted octanol–water partition coefficient (Wildman–Crippen LogP) is 6.53. The number of nitrogens with zero attached hydrogens (tertiary/aromatic N) is 5. The number of fused-ring (bicyclic) bond motifs is 2. The molecule has 5 aromatic rings. The molecule has 148 valence electrons. The Labute approximate surface area is 204 Å². The van der Waals surface area contributed by atoms with Crippen LogP contribution in [0.2, 0.25) is 10.3 Å². The molecule has 0 unspecified atom stereocenters. The van der Waals surface area contributed by atoms with E-state index in [-0.39, 0.29) is 7.43 Å². The first-order valence-electron chi connectivity index (χ1n) is 7.92. The van der Waals surface area contributed by atoms with E-state index >= 15 is 0 Å². The normalized spacial score (nSPS) is 10.5. The van der Waals surface area contributed by atoms with Crippen molar-refractivity contribution in [3.05, 3.63) is 72.8 Å². The van der Waals surface area contributed by atoms with Crippen molar-refractivity contribution in [1.82, 2.24) is 29.5 Å². The molecule has 6 nitrogen and oxygen atoms in total. The summed E-state index contributed by atoms with van der Waals surface area (Å²) in [5.74, 6) is 0. The highest BCUT2D eigenvalue weighted by Gasteiger charge is 2.12. The summed E-state index contributed by atoms with van der Waals surface area (Å²) in [7, 11) is 0. The quantitative estimate of drug-likeness (QED) is 0.165. The van der Waals surface area contributed by atoms with Crippen LogP contribution in [0.4, 0.5) is 0 Å². The van der Waals surface area contributed by atoms with Crippen LogP contribution in [0.3, 0.4) is 0 Å². The molecule has 0 saturated heterocycles. The second-order valence-electron chi connectivity index (χ2n) is 5.57. The maximum absolute atomic E-state index is 6.09. The zero-order valence-electron chi connectivity index (χ0n) is 13.9. The van der Waals surface area contributed by atoms with E-state index in [4.69, 9.17) is 23.2 Å². The summed E-state index contributed by atoms with van der Waals surface area (Å²) in [5, 5.41) is 2.79. The number of aromatic amines is 1. The molecule has 0 bridgehead atoms. The fourth-order valence-electron chi connectivity index (χ4n) is 2.66. The largest absolute Gasteiger partial charge is 0.345 e. The first-order chi connectivity index (χ1) is 13.6. The topological polar surface area (TPSA) is 72.3 Å². The van der Waals surface area contributed by atoms with Crippen LogP contribution in [0.15, 0.2) is 55.4 Å². The number of halogens is 4. The van der Waals surface area contributed by atoms with Crippen molar-refractivity contribution in [2.24, 2.45) is 0 Å². The molecule has 0 aliphatic heterocycles. The van der Waals surface area contributed by atoms with E-state index in [1.165, 1.54) is 12.7 Å². The Morgan fingerprint density at radius 2 is 1.48 bits per heavy atom.